The van der Waals surface area contributed by atoms with E-state index in [2.05, 4.69) is 4.98 Å². The molecule has 4 heteroatoms. The maximum atomic E-state index is 11.3. The molecule has 0 radical (unpaired) electrons. The predicted octanol–water partition coefficient (Wildman–Crippen LogP) is 1.69. The van der Waals surface area contributed by atoms with Crippen molar-refractivity contribution in [2.24, 2.45) is 11.7 Å². The highest BCUT2D eigenvalue weighted by molar-refractivity contribution is 7.11. The highest BCUT2D eigenvalue weighted by atomic mass is 32.1. The predicted molar refractivity (Wildman–Crippen MR) is 60.9 cm³/mol. The van der Waals surface area contributed by atoms with Gasteiger partial charge in [-0.1, -0.05) is 0 Å². The number of aromatic nitrogens is 1. The van der Waals surface area contributed by atoms with Crippen molar-refractivity contribution in [1.82, 2.24) is 4.98 Å². The van der Waals surface area contributed by atoms with E-state index in [9.17, 15) is 4.79 Å². The number of rotatable bonds is 2. The summed E-state index contributed by atoms with van der Waals surface area (Å²) in [7, 11) is 0. The van der Waals surface area contributed by atoms with Crippen LogP contribution in [0.15, 0.2) is 6.20 Å². The summed E-state index contributed by atoms with van der Waals surface area (Å²) < 4.78 is 0. The lowest BCUT2D eigenvalue weighted by molar-refractivity contribution is -0.121. The van der Waals surface area contributed by atoms with Gasteiger partial charge in [0.25, 0.3) is 0 Å². The Morgan fingerprint density at radius 1 is 1.67 bits per heavy atom. The number of nitrogens with zero attached hydrogens (tertiary/aromatic N) is 1. The highest BCUT2D eigenvalue weighted by Crippen LogP contribution is 2.25. The van der Waals surface area contributed by atoms with Crippen molar-refractivity contribution in [3.8, 4) is 0 Å². The van der Waals surface area contributed by atoms with Gasteiger partial charge in [-0.25, -0.2) is 4.98 Å². The zero-order valence-corrected chi connectivity index (χ0v) is 9.72. The van der Waals surface area contributed by atoms with Gasteiger partial charge in [-0.3, -0.25) is 4.79 Å². The standard InChI is InChI=1S/C11H16N2OS/c1-7-6-13-11(15-7)5-8-4-9(14)2-3-10(8)12/h6,8,10H,2-5,12H2,1H3. The molecule has 2 atom stereocenters. The fraction of sp³-hybridized carbons (Fsp3) is 0.636. The number of thiazole rings is 1. The Bertz CT molecular complexity index is 361. The Balaban J connectivity index is 2.01. The molecular formula is C11H16N2OS. The van der Waals surface area contributed by atoms with E-state index in [-0.39, 0.29) is 6.04 Å². The summed E-state index contributed by atoms with van der Waals surface area (Å²) >= 11 is 1.71. The van der Waals surface area contributed by atoms with Crippen molar-refractivity contribution in [2.75, 3.05) is 0 Å². The molecule has 2 N–H and O–H groups in total. The second-order valence-corrected chi connectivity index (χ2v) is 5.59. The number of carbonyl (C=O) groups excluding carboxylic acids is 1. The first-order chi connectivity index (χ1) is 7.15. The Morgan fingerprint density at radius 2 is 2.47 bits per heavy atom. The SMILES string of the molecule is Cc1cnc(CC2CC(=O)CCC2N)s1. The minimum atomic E-state index is 0.173. The Hall–Kier alpha value is -0.740. The summed E-state index contributed by atoms with van der Waals surface area (Å²) in [6, 6.07) is 0.173. The molecule has 1 saturated carbocycles. The van der Waals surface area contributed by atoms with Crippen molar-refractivity contribution >= 4 is 17.1 Å². The summed E-state index contributed by atoms with van der Waals surface area (Å²) in [4.78, 5) is 16.9. The molecule has 0 saturated heterocycles. The van der Waals surface area contributed by atoms with Crippen LogP contribution < -0.4 is 5.73 Å². The number of nitrogens with two attached hydrogens (primary N) is 1. The zero-order valence-electron chi connectivity index (χ0n) is 8.90. The van der Waals surface area contributed by atoms with Gasteiger partial charge < -0.3 is 5.73 Å². The fourth-order valence-electron chi connectivity index (χ4n) is 2.05. The van der Waals surface area contributed by atoms with E-state index in [1.807, 2.05) is 13.1 Å². The number of carbonyl (C=O) groups is 1. The molecular weight excluding hydrogens is 208 g/mol. The fourth-order valence-corrected chi connectivity index (χ4v) is 2.93. The quantitative estimate of drug-likeness (QED) is 0.831. The largest absolute Gasteiger partial charge is 0.327 e. The van der Waals surface area contributed by atoms with E-state index in [0.29, 0.717) is 24.5 Å². The van der Waals surface area contributed by atoms with Crippen molar-refractivity contribution in [3.63, 3.8) is 0 Å². The Labute approximate surface area is 93.7 Å². The molecule has 15 heavy (non-hydrogen) atoms. The Kier molecular flexibility index (Phi) is 3.17. The summed E-state index contributed by atoms with van der Waals surface area (Å²) in [6.45, 7) is 2.05. The molecule has 0 aromatic carbocycles. The van der Waals surface area contributed by atoms with Crippen LogP contribution in [0.2, 0.25) is 0 Å². The average molecular weight is 224 g/mol. The summed E-state index contributed by atoms with van der Waals surface area (Å²) in [6.07, 6.45) is 4.89. The van der Waals surface area contributed by atoms with Gasteiger partial charge in [0, 0.05) is 36.4 Å². The van der Waals surface area contributed by atoms with Crippen molar-refractivity contribution in [1.29, 1.82) is 0 Å². The minimum Gasteiger partial charge on any atom is -0.327 e. The summed E-state index contributed by atoms with van der Waals surface area (Å²) in [5.41, 5.74) is 6.02. The molecule has 2 rings (SSSR count). The van der Waals surface area contributed by atoms with E-state index in [1.54, 1.807) is 11.3 Å². The van der Waals surface area contributed by atoms with Crippen LogP contribution in [0, 0.1) is 12.8 Å². The number of hydrogen-bond donors (Lipinski definition) is 1. The van der Waals surface area contributed by atoms with E-state index < -0.39 is 0 Å². The molecule has 1 aromatic heterocycles. The van der Waals surface area contributed by atoms with Crippen LogP contribution in [-0.4, -0.2) is 16.8 Å². The maximum Gasteiger partial charge on any atom is 0.133 e. The first-order valence-corrected chi connectivity index (χ1v) is 6.15. The first-order valence-electron chi connectivity index (χ1n) is 5.33. The van der Waals surface area contributed by atoms with Gasteiger partial charge in [-0.15, -0.1) is 11.3 Å². The summed E-state index contributed by atoms with van der Waals surface area (Å²) in [5.74, 6) is 0.659. The first kappa shape index (κ1) is 10.8. The minimum absolute atomic E-state index is 0.173. The van der Waals surface area contributed by atoms with Crippen LogP contribution in [0.5, 0.6) is 0 Å². The van der Waals surface area contributed by atoms with E-state index >= 15 is 0 Å². The van der Waals surface area contributed by atoms with Crippen LogP contribution in [0.3, 0.4) is 0 Å². The van der Waals surface area contributed by atoms with E-state index in [4.69, 9.17) is 5.73 Å². The van der Waals surface area contributed by atoms with Crippen LogP contribution in [-0.2, 0) is 11.2 Å². The number of ketones is 1. The van der Waals surface area contributed by atoms with Crippen LogP contribution >= 0.6 is 11.3 Å². The van der Waals surface area contributed by atoms with Gasteiger partial charge in [0.15, 0.2) is 0 Å². The number of Topliss-reactive ketones (excluding diaryl/α,β-unsaturated/α-hetero) is 1. The summed E-state index contributed by atoms with van der Waals surface area (Å²) in [5, 5.41) is 1.11. The molecule has 3 nitrogen and oxygen atoms in total. The van der Waals surface area contributed by atoms with E-state index in [1.165, 1.54) is 4.88 Å². The van der Waals surface area contributed by atoms with Gasteiger partial charge in [-0.05, 0) is 19.3 Å². The van der Waals surface area contributed by atoms with Crippen LogP contribution in [0.25, 0.3) is 0 Å². The molecule has 0 spiro atoms. The third-order valence-electron chi connectivity index (χ3n) is 2.96. The molecule has 1 aliphatic carbocycles. The molecule has 82 valence electrons. The number of aryl methyl sites for hydroxylation is 1. The van der Waals surface area contributed by atoms with Crippen molar-refractivity contribution in [2.45, 2.75) is 38.6 Å². The number of hydrogen-bond acceptors (Lipinski definition) is 4. The van der Waals surface area contributed by atoms with Crippen molar-refractivity contribution < 1.29 is 4.79 Å². The second-order valence-electron chi connectivity index (χ2n) is 4.27. The lowest BCUT2D eigenvalue weighted by Crippen LogP contribution is -2.37. The normalized spacial score (nSPS) is 26.9. The van der Waals surface area contributed by atoms with Crippen molar-refractivity contribution in [3.05, 3.63) is 16.1 Å². The Morgan fingerprint density at radius 3 is 3.13 bits per heavy atom. The molecule has 0 bridgehead atoms. The molecule has 1 heterocycles. The smallest absolute Gasteiger partial charge is 0.133 e. The lowest BCUT2D eigenvalue weighted by Gasteiger charge is -2.26. The monoisotopic (exact) mass is 224 g/mol. The average Bonchev–Trinajstić information content (AvgIpc) is 2.58. The highest BCUT2D eigenvalue weighted by Gasteiger charge is 2.27. The molecule has 0 amide bonds. The van der Waals surface area contributed by atoms with Gasteiger partial charge in [0.1, 0.15) is 5.78 Å². The molecule has 0 aliphatic heterocycles. The maximum absolute atomic E-state index is 11.3. The molecule has 1 fully saturated rings. The topological polar surface area (TPSA) is 56.0 Å². The second kappa shape index (κ2) is 4.41. The molecule has 2 unspecified atom stereocenters. The molecule has 1 aliphatic rings. The third-order valence-corrected chi connectivity index (χ3v) is 3.89. The van der Waals surface area contributed by atoms with Gasteiger partial charge in [-0.2, -0.15) is 0 Å². The third kappa shape index (κ3) is 2.63. The van der Waals surface area contributed by atoms with Crippen LogP contribution in [0.1, 0.15) is 29.1 Å². The van der Waals surface area contributed by atoms with Gasteiger partial charge in [0.05, 0.1) is 5.01 Å². The van der Waals surface area contributed by atoms with E-state index in [0.717, 1.165) is 17.8 Å². The van der Waals surface area contributed by atoms with Crippen LogP contribution in [0.4, 0.5) is 0 Å². The van der Waals surface area contributed by atoms with Gasteiger partial charge >= 0.3 is 0 Å². The lowest BCUT2D eigenvalue weighted by atomic mass is 9.82. The van der Waals surface area contributed by atoms with Gasteiger partial charge in [0.2, 0.25) is 0 Å². The zero-order chi connectivity index (χ0) is 10.8. The molecule has 1 aromatic rings.